The van der Waals surface area contributed by atoms with Crippen LogP contribution in [0.2, 0.25) is 0 Å². The van der Waals surface area contributed by atoms with Gasteiger partial charge >= 0.3 is 0 Å². The molecule has 118 valence electrons. The highest BCUT2D eigenvalue weighted by atomic mass is 32.2. The summed E-state index contributed by atoms with van der Waals surface area (Å²) in [5, 5.41) is 12.9. The van der Waals surface area contributed by atoms with Crippen molar-refractivity contribution in [3.05, 3.63) is 52.7 Å². The summed E-state index contributed by atoms with van der Waals surface area (Å²) in [5.41, 5.74) is 4.28. The number of aromatic nitrogens is 1. The second kappa shape index (κ2) is 7.80. The van der Waals surface area contributed by atoms with Crippen LogP contribution < -0.4 is 5.32 Å². The number of benzene rings is 1. The van der Waals surface area contributed by atoms with Gasteiger partial charge in [-0.25, -0.2) is 4.98 Å². The normalized spacial score (nSPS) is 10.2. The Labute approximate surface area is 140 Å². The van der Waals surface area contributed by atoms with Crippen LogP contribution in [0.4, 0.5) is 5.69 Å². The standard InChI is InChI=1S/C18H19N3OS/c1-12-6-4-5-7-16(12)21-17(22)8-9-23-18-15(11-19)13(2)10-14(3)20-18/h4-7,10H,8-9H2,1-3H3,(H,21,22). The Hall–Kier alpha value is -2.32. The van der Waals surface area contributed by atoms with Crippen LogP contribution in [0.3, 0.4) is 0 Å². The lowest BCUT2D eigenvalue weighted by molar-refractivity contribution is -0.115. The number of carbonyl (C=O) groups is 1. The Morgan fingerprint density at radius 3 is 2.70 bits per heavy atom. The van der Waals surface area contributed by atoms with Gasteiger partial charge in [0.05, 0.1) is 5.56 Å². The molecule has 2 rings (SSSR count). The van der Waals surface area contributed by atoms with Gasteiger partial charge in [-0.1, -0.05) is 18.2 Å². The molecule has 0 aliphatic rings. The average molecular weight is 325 g/mol. The zero-order chi connectivity index (χ0) is 16.8. The molecule has 0 bridgehead atoms. The number of rotatable bonds is 5. The Balaban J connectivity index is 1.94. The lowest BCUT2D eigenvalue weighted by Crippen LogP contribution is -2.13. The largest absolute Gasteiger partial charge is 0.326 e. The van der Waals surface area contributed by atoms with E-state index in [1.807, 2.05) is 51.1 Å². The number of pyridine rings is 1. The highest BCUT2D eigenvalue weighted by Crippen LogP contribution is 2.24. The van der Waals surface area contributed by atoms with Crippen LogP contribution in [0.5, 0.6) is 0 Å². The number of para-hydroxylation sites is 1. The van der Waals surface area contributed by atoms with Gasteiger partial charge in [-0.15, -0.1) is 11.8 Å². The zero-order valence-corrected chi connectivity index (χ0v) is 14.3. The third kappa shape index (κ3) is 4.57. The number of hydrogen-bond acceptors (Lipinski definition) is 4. The number of nitrogens with one attached hydrogen (secondary N) is 1. The van der Waals surface area contributed by atoms with Crippen LogP contribution in [0.15, 0.2) is 35.4 Å². The molecule has 2 aromatic rings. The van der Waals surface area contributed by atoms with E-state index in [4.69, 9.17) is 0 Å². The molecule has 0 saturated heterocycles. The number of aryl methyl sites for hydroxylation is 3. The smallest absolute Gasteiger partial charge is 0.225 e. The van der Waals surface area contributed by atoms with Gasteiger partial charge in [0.1, 0.15) is 11.1 Å². The SMILES string of the molecule is Cc1cc(C)c(C#N)c(SCCC(=O)Nc2ccccc2C)n1. The number of amides is 1. The van der Waals surface area contributed by atoms with E-state index < -0.39 is 0 Å². The number of nitrogens with zero attached hydrogens (tertiary/aromatic N) is 2. The first-order valence-electron chi connectivity index (χ1n) is 7.38. The molecule has 1 aromatic heterocycles. The van der Waals surface area contributed by atoms with Gasteiger partial charge < -0.3 is 5.32 Å². The monoisotopic (exact) mass is 325 g/mol. The second-order valence-corrected chi connectivity index (χ2v) is 6.42. The van der Waals surface area contributed by atoms with Crippen molar-refractivity contribution in [2.45, 2.75) is 32.2 Å². The van der Waals surface area contributed by atoms with Gasteiger partial charge in [0.25, 0.3) is 0 Å². The number of hydrogen-bond donors (Lipinski definition) is 1. The van der Waals surface area contributed by atoms with Crippen LogP contribution in [-0.4, -0.2) is 16.6 Å². The molecule has 1 heterocycles. The highest BCUT2D eigenvalue weighted by Gasteiger charge is 2.10. The average Bonchev–Trinajstić information content (AvgIpc) is 2.49. The van der Waals surface area contributed by atoms with Crippen molar-refractivity contribution in [3.8, 4) is 6.07 Å². The minimum atomic E-state index is -0.0327. The van der Waals surface area contributed by atoms with Crippen LogP contribution in [0, 0.1) is 32.1 Å². The van der Waals surface area contributed by atoms with Gasteiger partial charge in [-0.05, 0) is 44.0 Å². The summed E-state index contributed by atoms with van der Waals surface area (Å²) in [7, 11) is 0. The van der Waals surface area contributed by atoms with Gasteiger partial charge in [0, 0.05) is 23.6 Å². The predicted molar refractivity (Wildman–Crippen MR) is 93.6 cm³/mol. The van der Waals surface area contributed by atoms with E-state index in [-0.39, 0.29) is 5.91 Å². The fourth-order valence-electron chi connectivity index (χ4n) is 2.21. The molecule has 0 aliphatic carbocycles. The third-order valence-corrected chi connectivity index (χ3v) is 4.39. The molecule has 23 heavy (non-hydrogen) atoms. The summed E-state index contributed by atoms with van der Waals surface area (Å²) < 4.78 is 0. The molecule has 1 amide bonds. The molecule has 0 atom stereocenters. The molecule has 0 radical (unpaired) electrons. The van der Waals surface area contributed by atoms with E-state index in [9.17, 15) is 10.1 Å². The second-order valence-electron chi connectivity index (χ2n) is 5.33. The minimum absolute atomic E-state index is 0.0327. The maximum Gasteiger partial charge on any atom is 0.225 e. The van der Waals surface area contributed by atoms with E-state index in [1.54, 1.807) is 0 Å². The summed E-state index contributed by atoms with van der Waals surface area (Å²) in [4.78, 5) is 16.4. The van der Waals surface area contributed by atoms with Crippen molar-refractivity contribution in [1.29, 1.82) is 5.26 Å². The van der Waals surface area contributed by atoms with Crippen molar-refractivity contribution in [2.24, 2.45) is 0 Å². The van der Waals surface area contributed by atoms with E-state index in [2.05, 4.69) is 16.4 Å². The Kier molecular flexibility index (Phi) is 5.78. The summed E-state index contributed by atoms with van der Waals surface area (Å²) in [6, 6.07) is 11.8. The molecule has 1 aromatic carbocycles. The number of thioether (sulfide) groups is 1. The molecule has 4 nitrogen and oxygen atoms in total. The van der Waals surface area contributed by atoms with Crippen LogP contribution >= 0.6 is 11.8 Å². The number of nitriles is 1. The molecule has 0 saturated carbocycles. The van der Waals surface area contributed by atoms with E-state index >= 15 is 0 Å². The van der Waals surface area contributed by atoms with Gasteiger partial charge in [0.15, 0.2) is 0 Å². The molecule has 0 fully saturated rings. The molecule has 5 heteroatoms. The molecule has 0 spiro atoms. The summed E-state index contributed by atoms with van der Waals surface area (Å²) in [5.74, 6) is 0.553. The molecule has 0 aliphatic heterocycles. The zero-order valence-electron chi connectivity index (χ0n) is 13.5. The Bertz CT molecular complexity index is 765. The number of anilines is 1. The van der Waals surface area contributed by atoms with Crippen LogP contribution in [-0.2, 0) is 4.79 Å². The maximum absolute atomic E-state index is 12.0. The maximum atomic E-state index is 12.0. The van der Waals surface area contributed by atoms with Crippen molar-refractivity contribution in [3.63, 3.8) is 0 Å². The fraction of sp³-hybridized carbons (Fsp3) is 0.278. The van der Waals surface area contributed by atoms with Crippen molar-refractivity contribution in [2.75, 3.05) is 11.1 Å². The lowest BCUT2D eigenvalue weighted by Gasteiger charge is -2.09. The minimum Gasteiger partial charge on any atom is -0.326 e. The van der Waals surface area contributed by atoms with Gasteiger partial charge in [-0.2, -0.15) is 5.26 Å². The van der Waals surface area contributed by atoms with E-state index in [0.29, 0.717) is 22.8 Å². The predicted octanol–water partition coefficient (Wildman–Crippen LogP) is 4.00. The van der Waals surface area contributed by atoms with E-state index in [1.165, 1.54) is 11.8 Å². The Morgan fingerprint density at radius 2 is 2.00 bits per heavy atom. The summed E-state index contributed by atoms with van der Waals surface area (Å²) in [6.45, 7) is 5.77. The van der Waals surface area contributed by atoms with Crippen molar-refractivity contribution >= 4 is 23.4 Å². The highest BCUT2D eigenvalue weighted by molar-refractivity contribution is 7.99. The fourth-order valence-corrected chi connectivity index (χ4v) is 3.25. The summed E-state index contributed by atoms with van der Waals surface area (Å²) >= 11 is 1.45. The molecule has 0 unspecified atom stereocenters. The topological polar surface area (TPSA) is 65.8 Å². The van der Waals surface area contributed by atoms with Gasteiger partial charge in [-0.3, -0.25) is 4.79 Å². The Morgan fingerprint density at radius 1 is 1.26 bits per heavy atom. The van der Waals surface area contributed by atoms with Crippen LogP contribution in [0.1, 0.15) is 28.8 Å². The first-order chi connectivity index (χ1) is 11.0. The first kappa shape index (κ1) is 17.0. The third-order valence-electron chi connectivity index (χ3n) is 3.41. The quantitative estimate of drug-likeness (QED) is 0.844. The molecular formula is C18H19N3OS. The van der Waals surface area contributed by atoms with Crippen LogP contribution in [0.25, 0.3) is 0 Å². The molecular weight excluding hydrogens is 306 g/mol. The van der Waals surface area contributed by atoms with Crippen molar-refractivity contribution < 1.29 is 4.79 Å². The lowest BCUT2D eigenvalue weighted by atomic mass is 10.1. The molecule has 1 N–H and O–H groups in total. The van der Waals surface area contributed by atoms with Crippen molar-refractivity contribution in [1.82, 2.24) is 4.98 Å². The van der Waals surface area contributed by atoms with E-state index in [0.717, 1.165) is 22.5 Å². The summed E-state index contributed by atoms with van der Waals surface area (Å²) in [6.07, 6.45) is 0.374. The van der Waals surface area contributed by atoms with Gasteiger partial charge in [0.2, 0.25) is 5.91 Å². The number of carbonyl (C=O) groups excluding carboxylic acids is 1. The first-order valence-corrected chi connectivity index (χ1v) is 8.36.